The fraction of sp³-hybridized carbons (Fsp3) is 0.909. The molecule has 0 bridgehead atoms. The molecule has 0 aliphatic heterocycles. The number of hydrogen-bond donors (Lipinski definition) is 3. The molecule has 2 aliphatic carbocycles. The lowest BCUT2D eigenvalue weighted by atomic mass is 9.65. The van der Waals surface area contributed by atoms with E-state index in [1.54, 1.807) is 0 Å². The molecular formula is C11H19NO3. The number of carboxylic acid groups (broad SMARTS) is 1. The number of aliphatic hydroxyl groups is 1. The second kappa shape index (κ2) is 3.46. The molecule has 0 aromatic rings. The second-order valence-electron chi connectivity index (χ2n) is 5.25. The molecule has 4 N–H and O–H groups in total. The van der Waals surface area contributed by atoms with Crippen LogP contribution in [0.1, 0.15) is 44.9 Å². The summed E-state index contributed by atoms with van der Waals surface area (Å²) in [6.45, 7) is 0. The minimum absolute atomic E-state index is 0.0156. The van der Waals surface area contributed by atoms with Gasteiger partial charge in [0.1, 0.15) is 5.54 Å². The Labute approximate surface area is 89.5 Å². The smallest absolute Gasteiger partial charge is 0.323 e. The maximum Gasteiger partial charge on any atom is 0.323 e. The summed E-state index contributed by atoms with van der Waals surface area (Å²) < 4.78 is 0. The van der Waals surface area contributed by atoms with E-state index in [-0.39, 0.29) is 11.8 Å². The predicted molar refractivity (Wildman–Crippen MR) is 55.3 cm³/mol. The van der Waals surface area contributed by atoms with Crippen LogP contribution in [0, 0.1) is 5.41 Å². The Morgan fingerprint density at radius 2 is 1.80 bits per heavy atom. The van der Waals surface area contributed by atoms with Crippen molar-refractivity contribution in [2.75, 3.05) is 0 Å². The number of rotatable bonds is 1. The maximum absolute atomic E-state index is 11.0. The van der Waals surface area contributed by atoms with Crippen LogP contribution in [-0.2, 0) is 4.79 Å². The summed E-state index contributed by atoms with van der Waals surface area (Å²) >= 11 is 0. The van der Waals surface area contributed by atoms with Gasteiger partial charge in [-0.2, -0.15) is 0 Å². The molecular weight excluding hydrogens is 194 g/mol. The zero-order chi connectivity index (χ0) is 11.1. The topological polar surface area (TPSA) is 83.6 Å². The van der Waals surface area contributed by atoms with Gasteiger partial charge in [-0.1, -0.05) is 12.8 Å². The summed E-state index contributed by atoms with van der Waals surface area (Å²) in [5, 5.41) is 19.1. The standard InChI is InChI=1S/C11H19NO3/c12-11(9(14)15)6-5-10(8(13)7-11)3-1-2-4-10/h8,13H,1-7,12H2,(H,14,15). The van der Waals surface area contributed by atoms with Crippen molar-refractivity contribution in [2.24, 2.45) is 11.1 Å². The highest BCUT2D eigenvalue weighted by atomic mass is 16.4. The molecule has 0 aromatic carbocycles. The Balaban J connectivity index is 2.12. The van der Waals surface area contributed by atoms with Gasteiger partial charge in [0.25, 0.3) is 0 Å². The minimum Gasteiger partial charge on any atom is -0.480 e. The Kier molecular flexibility index (Phi) is 2.51. The van der Waals surface area contributed by atoms with E-state index in [2.05, 4.69) is 0 Å². The largest absolute Gasteiger partial charge is 0.480 e. The van der Waals surface area contributed by atoms with Crippen LogP contribution >= 0.6 is 0 Å². The molecule has 2 saturated carbocycles. The fourth-order valence-electron chi connectivity index (χ4n) is 3.16. The highest BCUT2D eigenvalue weighted by Crippen LogP contribution is 2.50. The predicted octanol–water partition coefficient (Wildman–Crippen LogP) is 0.874. The number of hydrogen-bond acceptors (Lipinski definition) is 3. The molecule has 86 valence electrons. The molecule has 2 fully saturated rings. The molecule has 15 heavy (non-hydrogen) atoms. The van der Waals surface area contributed by atoms with Crippen molar-refractivity contribution in [1.29, 1.82) is 0 Å². The van der Waals surface area contributed by atoms with Crippen LogP contribution in [0.3, 0.4) is 0 Å². The summed E-state index contributed by atoms with van der Waals surface area (Å²) in [5.74, 6) is -0.977. The van der Waals surface area contributed by atoms with E-state index >= 15 is 0 Å². The van der Waals surface area contributed by atoms with Gasteiger partial charge in [0.15, 0.2) is 0 Å². The molecule has 0 radical (unpaired) electrons. The number of aliphatic hydroxyl groups excluding tert-OH is 1. The fourth-order valence-corrected chi connectivity index (χ4v) is 3.16. The minimum atomic E-state index is -1.20. The van der Waals surface area contributed by atoms with E-state index in [1.165, 1.54) is 0 Å². The van der Waals surface area contributed by atoms with Crippen molar-refractivity contribution < 1.29 is 15.0 Å². The van der Waals surface area contributed by atoms with E-state index in [1.807, 2.05) is 0 Å². The number of aliphatic carboxylic acids is 1. The molecule has 2 unspecified atom stereocenters. The third kappa shape index (κ3) is 1.66. The maximum atomic E-state index is 11.0. The zero-order valence-electron chi connectivity index (χ0n) is 8.91. The van der Waals surface area contributed by atoms with Gasteiger partial charge in [-0.3, -0.25) is 4.79 Å². The SMILES string of the molecule is NC1(C(=O)O)CCC2(CCCC2)C(O)C1. The summed E-state index contributed by atoms with van der Waals surface area (Å²) in [7, 11) is 0. The average molecular weight is 213 g/mol. The average Bonchev–Trinajstić information content (AvgIpc) is 2.62. The quantitative estimate of drug-likeness (QED) is 0.603. The summed E-state index contributed by atoms with van der Waals surface area (Å²) in [6.07, 6.45) is 5.31. The summed E-state index contributed by atoms with van der Waals surface area (Å²) in [5.41, 5.74) is 4.57. The van der Waals surface area contributed by atoms with Gasteiger partial charge in [-0.15, -0.1) is 0 Å². The lowest BCUT2D eigenvalue weighted by Gasteiger charge is -2.44. The van der Waals surface area contributed by atoms with Crippen molar-refractivity contribution >= 4 is 5.97 Å². The van der Waals surface area contributed by atoms with Crippen LogP contribution in [0.4, 0.5) is 0 Å². The Morgan fingerprint density at radius 1 is 1.20 bits per heavy atom. The zero-order valence-corrected chi connectivity index (χ0v) is 8.91. The first-order chi connectivity index (χ1) is 6.99. The van der Waals surface area contributed by atoms with Crippen molar-refractivity contribution in [1.82, 2.24) is 0 Å². The normalized spacial score (nSPS) is 39.5. The van der Waals surface area contributed by atoms with Crippen LogP contribution in [0.2, 0.25) is 0 Å². The number of carboxylic acids is 1. The first-order valence-electron chi connectivity index (χ1n) is 5.69. The Hall–Kier alpha value is -0.610. The van der Waals surface area contributed by atoms with E-state index in [0.29, 0.717) is 6.42 Å². The van der Waals surface area contributed by atoms with Crippen LogP contribution in [-0.4, -0.2) is 27.8 Å². The third-order valence-corrected chi connectivity index (χ3v) is 4.36. The van der Waals surface area contributed by atoms with Gasteiger partial charge in [-0.05, 0) is 31.1 Å². The highest BCUT2D eigenvalue weighted by Gasteiger charge is 2.51. The van der Waals surface area contributed by atoms with E-state index < -0.39 is 17.6 Å². The Morgan fingerprint density at radius 3 is 2.27 bits per heavy atom. The first-order valence-corrected chi connectivity index (χ1v) is 5.69. The van der Waals surface area contributed by atoms with Gasteiger partial charge >= 0.3 is 5.97 Å². The van der Waals surface area contributed by atoms with Gasteiger partial charge in [0.2, 0.25) is 0 Å². The lowest BCUT2D eigenvalue weighted by molar-refractivity contribution is -0.149. The van der Waals surface area contributed by atoms with Crippen molar-refractivity contribution in [2.45, 2.75) is 56.6 Å². The molecule has 2 atom stereocenters. The van der Waals surface area contributed by atoms with Crippen molar-refractivity contribution in [3.05, 3.63) is 0 Å². The lowest BCUT2D eigenvalue weighted by Crippen LogP contribution is -2.57. The van der Waals surface area contributed by atoms with Crippen LogP contribution in [0.5, 0.6) is 0 Å². The highest BCUT2D eigenvalue weighted by molar-refractivity contribution is 5.78. The molecule has 0 saturated heterocycles. The van der Waals surface area contributed by atoms with E-state index in [9.17, 15) is 9.90 Å². The van der Waals surface area contributed by atoms with E-state index in [4.69, 9.17) is 10.8 Å². The van der Waals surface area contributed by atoms with Gasteiger partial charge in [-0.25, -0.2) is 0 Å². The molecule has 4 nitrogen and oxygen atoms in total. The number of carbonyl (C=O) groups is 1. The summed E-state index contributed by atoms with van der Waals surface area (Å²) in [6, 6.07) is 0. The molecule has 0 amide bonds. The molecule has 2 rings (SSSR count). The van der Waals surface area contributed by atoms with Gasteiger partial charge in [0.05, 0.1) is 6.10 Å². The van der Waals surface area contributed by atoms with E-state index in [0.717, 1.165) is 32.1 Å². The van der Waals surface area contributed by atoms with Crippen LogP contribution in [0.15, 0.2) is 0 Å². The molecule has 0 aromatic heterocycles. The molecule has 1 spiro atoms. The molecule has 0 heterocycles. The Bertz CT molecular complexity index is 273. The molecule has 2 aliphatic rings. The van der Waals surface area contributed by atoms with Crippen LogP contribution < -0.4 is 5.73 Å². The summed E-state index contributed by atoms with van der Waals surface area (Å²) in [4.78, 5) is 11.0. The monoisotopic (exact) mass is 213 g/mol. The first kappa shape index (κ1) is 10.9. The second-order valence-corrected chi connectivity index (χ2v) is 5.25. The number of nitrogens with two attached hydrogens (primary N) is 1. The van der Waals surface area contributed by atoms with Crippen molar-refractivity contribution in [3.8, 4) is 0 Å². The molecule has 4 heteroatoms. The van der Waals surface area contributed by atoms with Crippen molar-refractivity contribution in [3.63, 3.8) is 0 Å². The third-order valence-electron chi connectivity index (χ3n) is 4.36. The van der Waals surface area contributed by atoms with Gasteiger partial charge in [0, 0.05) is 6.42 Å². The van der Waals surface area contributed by atoms with Crippen LogP contribution in [0.25, 0.3) is 0 Å². The van der Waals surface area contributed by atoms with Gasteiger partial charge < -0.3 is 15.9 Å².